The number of carbonyl (C=O) groups is 2. The van der Waals surface area contributed by atoms with Crippen LogP contribution in [0.3, 0.4) is 0 Å². The van der Waals surface area contributed by atoms with Crippen LogP contribution in [0.25, 0.3) is 0 Å². The first-order valence-electron chi connectivity index (χ1n) is 7.36. The Labute approximate surface area is 138 Å². The van der Waals surface area contributed by atoms with Gasteiger partial charge in [-0.2, -0.15) is 13.2 Å². The van der Waals surface area contributed by atoms with Crippen molar-refractivity contribution in [2.45, 2.75) is 38.8 Å². The van der Waals surface area contributed by atoms with Crippen molar-refractivity contribution in [3.8, 4) is 0 Å². The van der Waals surface area contributed by atoms with Gasteiger partial charge in [-0.05, 0) is 17.0 Å². The quantitative estimate of drug-likeness (QED) is 0.856. The number of ether oxygens (including phenoxy) is 1. The van der Waals surface area contributed by atoms with Crippen LogP contribution < -0.4 is 10.6 Å². The van der Waals surface area contributed by atoms with Gasteiger partial charge in [0.25, 0.3) is 0 Å². The van der Waals surface area contributed by atoms with Crippen molar-refractivity contribution in [1.29, 1.82) is 0 Å². The Morgan fingerprint density at radius 1 is 1.12 bits per heavy atom. The molecule has 0 aromatic heterocycles. The number of alkyl halides is 3. The molecule has 0 aliphatic carbocycles. The van der Waals surface area contributed by atoms with E-state index in [2.05, 4.69) is 15.4 Å². The number of rotatable bonds is 5. The van der Waals surface area contributed by atoms with Crippen molar-refractivity contribution in [2.75, 3.05) is 18.5 Å². The maximum absolute atomic E-state index is 11.9. The third-order valence-corrected chi connectivity index (χ3v) is 3.00. The largest absolute Gasteiger partial charge is 0.440 e. The number of amides is 2. The minimum atomic E-state index is -4.58. The normalized spacial score (nSPS) is 11.8. The number of alkyl carbamates (subject to hydrolysis) is 1. The molecular formula is C16H21F3N2O3. The zero-order chi connectivity index (χ0) is 18.4. The zero-order valence-electron chi connectivity index (χ0n) is 13.8. The lowest BCUT2D eigenvalue weighted by molar-refractivity contribution is -0.160. The van der Waals surface area contributed by atoms with Crippen LogP contribution in [0.2, 0.25) is 0 Å². The first-order chi connectivity index (χ1) is 11.0. The van der Waals surface area contributed by atoms with Gasteiger partial charge in [0.1, 0.15) is 0 Å². The first-order valence-corrected chi connectivity index (χ1v) is 7.36. The van der Waals surface area contributed by atoms with E-state index in [1.54, 1.807) is 12.1 Å². The fourth-order valence-electron chi connectivity index (χ4n) is 1.94. The molecule has 0 fully saturated rings. The minimum absolute atomic E-state index is 0.0837. The Kier molecular flexibility index (Phi) is 6.62. The van der Waals surface area contributed by atoms with Crippen molar-refractivity contribution < 1.29 is 27.5 Å². The summed E-state index contributed by atoms with van der Waals surface area (Å²) in [6.45, 7) is 4.24. The molecule has 0 atom stereocenters. The van der Waals surface area contributed by atoms with Gasteiger partial charge >= 0.3 is 12.3 Å². The Bertz CT molecular complexity index is 581. The van der Waals surface area contributed by atoms with E-state index in [0.717, 1.165) is 5.56 Å². The van der Waals surface area contributed by atoms with Gasteiger partial charge in [-0.1, -0.05) is 39.0 Å². The summed E-state index contributed by atoms with van der Waals surface area (Å²) >= 11 is 0. The van der Waals surface area contributed by atoms with Crippen LogP contribution >= 0.6 is 0 Å². The van der Waals surface area contributed by atoms with E-state index >= 15 is 0 Å². The molecule has 0 saturated carbocycles. The average Bonchev–Trinajstić information content (AvgIpc) is 2.44. The summed E-state index contributed by atoms with van der Waals surface area (Å²) in [5.41, 5.74) is 1.45. The molecule has 0 saturated heterocycles. The lowest BCUT2D eigenvalue weighted by Gasteiger charge is -2.23. The number of anilines is 1. The van der Waals surface area contributed by atoms with E-state index in [9.17, 15) is 22.8 Å². The first kappa shape index (κ1) is 19.8. The van der Waals surface area contributed by atoms with E-state index in [-0.39, 0.29) is 24.3 Å². The highest BCUT2D eigenvalue weighted by molar-refractivity contribution is 5.92. The predicted molar refractivity (Wildman–Crippen MR) is 83.8 cm³/mol. The van der Waals surface area contributed by atoms with Crippen LogP contribution in [-0.4, -0.2) is 31.3 Å². The standard InChI is InChI=1S/C16H21F3N2O3/c1-15(2,3)11-6-4-5-7-12(11)21-13(22)8-9-20-14(23)24-10-16(17,18)19/h4-7H,8-10H2,1-3H3,(H,20,23)(H,21,22). The zero-order valence-corrected chi connectivity index (χ0v) is 13.8. The van der Waals surface area contributed by atoms with Crippen molar-refractivity contribution >= 4 is 17.7 Å². The summed E-state index contributed by atoms with van der Waals surface area (Å²) in [7, 11) is 0. The smallest absolute Gasteiger partial charge is 0.422 e. The van der Waals surface area contributed by atoms with Crippen molar-refractivity contribution in [2.24, 2.45) is 0 Å². The number of para-hydroxylation sites is 1. The molecule has 5 nitrogen and oxygen atoms in total. The molecule has 0 aliphatic heterocycles. The van der Waals surface area contributed by atoms with Gasteiger partial charge in [-0.25, -0.2) is 4.79 Å². The van der Waals surface area contributed by atoms with Crippen LogP contribution in [0.5, 0.6) is 0 Å². The van der Waals surface area contributed by atoms with Gasteiger partial charge in [0.15, 0.2) is 6.61 Å². The predicted octanol–water partition coefficient (Wildman–Crippen LogP) is 3.60. The average molecular weight is 346 g/mol. The fourth-order valence-corrected chi connectivity index (χ4v) is 1.94. The van der Waals surface area contributed by atoms with Crippen LogP contribution in [0.15, 0.2) is 24.3 Å². The highest BCUT2D eigenvalue weighted by Gasteiger charge is 2.29. The van der Waals surface area contributed by atoms with Gasteiger partial charge in [-0.3, -0.25) is 4.79 Å². The summed E-state index contributed by atoms with van der Waals surface area (Å²) in [5.74, 6) is -0.358. The van der Waals surface area contributed by atoms with Gasteiger partial charge < -0.3 is 15.4 Å². The van der Waals surface area contributed by atoms with Gasteiger partial charge in [-0.15, -0.1) is 0 Å². The molecule has 8 heteroatoms. The molecule has 0 aliphatic rings. The van der Waals surface area contributed by atoms with E-state index < -0.39 is 18.9 Å². The summed E-state index contributed by atoms with van der Waals surface area (Å²) in [6.07, 6.45) is -5.87. The molecule has 2 amide bonds. The number of benzene rings is 1. The van der Waals surface area contributed by atoms with Crippen LogP contribution in [0.1, 0.15) is 32.8 Å². The van der Waals surface area contributed by atoms with E-state index in [1.165, 1.54) is 0 Å². The second kappa shape index (κ2) is 8.03. The number of hydrogen-bond donors (Lipinski definition) is 2. The molecule has 1 aromatic carbocycles. The third-order valence-electron chi connectivity index (χ3n) is 3.00. The second-order valence-electron chi connectivity index (χ2n) is 6.21. The molecule has 0 heterocycles. The highest BCUT2D eigenvalue weighted by atomic mass is 19.4. The Morgan fingerprint density at radius 2 is 1.75 bits per heavy atom. The van der Waals surface area contributed by atoms with Crippen LogP contribution in [-0.2, 0) is 14.9 Å². The van der Waals surface area contributed by atoms with Crippen LogP contribution in [0.4, 0.5) is 23.7 Å². The summed E-state index contributed by atoms with van der Waals surface area (Å²) in [6, 6.07) is 7.33. The molecule has 24 heavy (non-hydrogen) atoms. The van der Waals surface area contributed by atoms with Gasteiger partial charge in [0.2, 0.25) is 5.91 Å². The fraction of sp³-hybridized carbons (Fsp3) is 0.500. The molecule has 0 unspecified atom stereocenters. The minimum Gasteiger partial charge on any atom is -0.440 e. The number of halogens is 3. The van der Waals surface area contributed by atoms with Crippen molar-refractivity contribution in [3.63, 3.8) is 0 Å². The summed E-state index contributed by atoms with van der Waals surface area (Å²) in [5, 5.41) is 4.83. The highest BCUT2D eigenvalue weighted by Crippen LogP contribution is 2.29. The maximum atomic E-state index is 11.9. The molecule has 0 bridgehead atoms. The van der Waals surface area contributed by atoms with E-state index in [1.807, 2.05) is 32.9 Å². The lowest BCUT2D eigenvalue weighted by atomic mass is 9.86. The molecular weight excluding hydrogens is 325 g/mol. The Hall–Kier alpha value is -2.25. The van der Waals surface area contributed by atoms with Crippen molar-refractivity contribution in [1.82, 2.24) is 5.32 Å². The van der Waals surface area contributed by atoms with Crippen LogP contribution in [0, 0.1) is 0 Å². The number of carbonyl (C=O) groups excluding carboxylic acids is 2. The topological polar surface area (TPSA) is 67.4 Å². The molecule has 1 aromatic rings. The number of nitrogens with one attached hydrogen (secondary N) is 2. The third kappa shape index (κ3) is 7.34. The lowest BCUT2D eigenvalue weighted by Crippen LogP contribution is -2.31. The van der Waals surface area contributed by atoms with E-state index in [4.69, 9.17) is 0 Å². The van der Waals surface area contributed by atoms with Gasteiger partial charge in [0.05, 0.1) is 0 Å². The monoisotopic (exact) mass is 346 g/mol. The molecule has 1 rings (SSSR count). The summed E-state index contributed by atoms with van der Waals surface area (Å²) < 4.78 is 39.6. The molecule has 0 spiro atoms. The molecule has 0 radical (unpaired) electrons. The number of hydrogen-bond acceptors (Lipinski definition) is 3. The SMILES string of the molecule is CC(C)(C)c1ccccc1NC(=O)CCNC(=O)OCC(F)(F)F. The maximum Gasteiger partial charge on any atom is 0.422 e. The Balaban J connectivity index is 2.44. The molecule has 134 valence electrons. The second-order valence-corrected chi connectivity index (χ2v) is 6.21. The Morgan fingerprint density at radius 3 is 2.33 bits per heavy atom. The molecule has 2 N–H and O–H groups in total. The van der Waals surface area contributed by atoms with Crippen molar-refractivity contribution in [3.05, 3.63) is 29.8 Å². The van der Waals surface area contributed by atoms with E-state index in [0.29, 0.717) is 5.69 Å². The summed E-state index contributed by atoms with van der Waals surface area (Å²) in [4.78, 5) is 23.0. The van der Waals surface area contributed by atoms with Gasteiger partial charge in [0, 0.05) is 18.7 Å².